The first kappa shape index (κ1) is 14.6. The first-order chi connectivity index (χ1) is 8.47. The summed E-state index contributed by atoms with van der Waals surface area (Å²) in [5.41, 5.74) is -0.0622. The highest BCUT2D eigenvalue weighted by Crippen LogP contribution is 2.19. The molecule has 0 atom stereocenters. The molecule has 0 radical (unpaired) electrons. The maximum Gasteiger partial charge on any atom is 0.243 e. The molecule has 6 heteroatoms. The monoisotopic (exact) mass is 271 g/mol. The Morgan fingerprint density at radius 2 is 2.17 bits per heavy atom. The number of hydrogen-bond donors (Lipinski definition) is 1. The molecule has 1 N–H and O–H groups in total. The van der Waals surface area contributed by atoms with Crippen molar-refractivity contribution in [2.45, 2.75) is 18.4 Å². The van der Waals surface area contributed by atoms with Crippen LogP contribution in [0.25, 0.3) is 0 Å². The average molecular weight is 271 g/mol. The third-order valence-electron chi connectivity index (χ3n) is 2.45. The van der Waals surface area contributed by atoms with Crippen LogP contribution >= 0.6 is 0 Å². The van der Waals surface area contributed by atoms with Crippen LogP contribution in [0, 0.1) is 18.2 Å². The Morgan fingerprint density at radius 1 is 1.50 bits per heavy atom. The number of nitrogens with zero attached hydrogens (tertiary/aromatic N) is 1. The maximum absolute atomic E-state index is 13.2. The number of sulfonamides is 1. The predicted molar refractivity (Wildman–Crippen MR) is 65.6 cm³/mol. The predicted octanol–water partition coefficient (Wildman–Crippen LogP) is 0.962. The van der Waals surface area contributed by atoms with E-state index in [1.165, 1.54) is 0 Å². The van der Waals surface area contributed by atoms with Gasteiger partial charge in [0, 0.05) is 12.1 Å². The molecule has 98 valence electrons. The largest absolute Gasteiger partial charge is 0.392 e. The second-order valence-corrected chi connectivity index (χ2v) is 5.48. The van der Waals surface area contributed by atoms with Crippen molar-refractivity contribution < 1.29 is 17.9 Å². The lowest BCUT2D eigenvalue weighted by molar-refractivity contribution is 0.275. The number of hydrogen-bond acceptors (Lipinski definition) is 3. The van der Waals surface area contributed by atoms with Gasteiger partial charge in [-0.3, -0.25) is 0 Å². The Balaban J connectivity index is 3.24. The smallest absolute Gasteiger partial charge is 0.243 e. The summed E-state index contributed by atoms with van der Waals surface area (Å²) in [5, 5.41) is 8.93. The van der Waals surface area contributed by atoms with E-state index >= 15 is 0 Å². The van der Waals surface area contributed by atoms with Crippen LogP contribution in [0.4, 0.5) is 4.39 Å². The minimum absolute atomic E-state index is 0.0509. The normalized spacial score (nSPS) is 11.5. The van der Waals surface area contributed by atoms with Crippen molar-refractivity contribution in [2.24, 2.45) is 0 Å². The molecule has 18 heavy (non-hydrogen) atoms. The topological polar surface area (TPSA) is 57.6 Å². The first-order valence-electron chi connectivity index (χ1n) is 5.30. The minimum atomic E-state index is -3.75. The summed E-state index contributed by atoms with van der Waals surface area (Å²) in [6.07, 6.45) is 5.10. The molecule has 0 heterocycles. The van der Waals surface area contributed by atoms with E-state index in [0.717, 1.165) is 22.5 Å². The van der Waals surface area contributed by atoms with Crippen molar-refractivity contribution in [2.75, 3.05) is 13.1 Å². The molecule has 0 unspecified atom stereocenters. The highest BCUT2D eigenvalue weighted by atomic mass is 32.2. The molecule has 0 spiro atoms. The summed E-state index contributed by atoms with van der Waals surface area (Å²) >= 11 is 0. The van der Waals surface area contributed by atoms with Crippen molar-refractivity contribution in [1.82, 2.24) is 4.31 Å². The molecular formula is C12H14FNO3S. The fraction of sp³-hybridized carbons (Fsp3) is 0.333. The van der Waals surface area contributed by atoms with E-state index in [0.29, 0.717) is 0 Å². The van der Waals surface area contributed by atoms with Crippen LogP contribution in [0.15, 0.2) is 23.1 Å². The SMILES string of the molecule is C#CCN(CC)S(=O)(=O)c1ccc(F)c(CO)c1. The zero-order valence-electron chi connectivity index (χ0n) is 9.93. The Bertz CT molecular complexity index is 563. The van der Waals surface area contributed by atoms with Crippen LogP contribution in [-0.4, -0.2) is 30.9 Å². The summed E-state index contributed by atoms with van der Waals surface area (Å²) < 4.78 is 38.6. The number of aliphatic hydroxyl groups is 1. The van der Waals surface area contributed by atoms with E-state index in [1.54, 1.807) is 6.92 Å². The van der Waals surface area contributed by atoms with Crippen molar-refractivity contribution in [3.05, 3.63) is 29.6 Å². The van der Waals surface area contributed by atoms with Gasteiger partial charge in [0.1, 0.15) is 5.82 Å². The van der Waals surface area contributed by atoms with Crippen molar-refractivity contribution >= 4 is 10.0 Å². The quantitative estimate of drug-likeness (QED) is 0.812. The first-order valence-corrected chi connectivity index (χ1v) is 6.74. The van der Waals surface area contributed by atoms with Crippen molar-refractivity contribution in [3.63, 3.8) is 0 Å². The third kappa shape index (κ3) is 2.88. The highest BCUT2D eigenvalue weighted by molar-refractivity contribution is 7.89. The summed E-state index contributed by atoms with van der Waals surface area (Å²) in [7, 11) is -3.75. The molecule has 0 saturated heterocycles. The molecule has 0 bridgehead atoms. The zero-order chi connectivity index (χ0) is 13.8. The van der Waals surface area contributed by atoms with Crippen molar-refractivity contribution in [3.8, 4) is 12.3 Å². The molecule has 0 amide bonds. The fourth-order valence-electron chi connectivity index (χ4n) is 1.45. The molecule has 1 rings (SSSR count). The lowest BCUT2D eigenvalue weighted by Gasteiger charge is -2.18. The summed E-state index contributed by atoms with van der Waals surface area (Å²) in [4.78, 5) is -0.0787. The number of terminal acetylenes is 1. The minimum Gasteiger partial charge on any atom is -0.392 e. The standard InChI is InChI=1S/C12H14FNO3S/c1-3-7-14(4-2)18(16,17)11-5-6-12(13)10(8-11)9-15/h1,5-6,8,15H,4,7,9H2,2H3. The van der Waals surface area contributed by atoms with Gasteiger partial charge >= 0.3 is 0 Å². The van der Waals surface area contributed by atoms with E-state index in [9.17, 15) is 12.8 Å². The molecule has 1 aromatic rings. The van der Waals surface area contributed by atoms with E-state index < -0.39 is 22.4 Å². The zero-order valence-corrected chi connectivity index (χ0v) is 10.7. The maximum atomic E-state index is 13.2. The van der Waals surface area contributed by atoms with E-state index in [4.69, 9.17) is 11.5 Å². The lowest BCUT2D eigenvalue weighted by Crippen LogP contribution is -2.31. The van der Waals surface area contributed by atoms with Crippen molar-refractivity contribution in [1.29, 1.82) is 0 Å². The summed E-state index contributed by atoms with van der Waals surface area (Å²) in [6, 6.07) is 3.29. The molecule has 0 aliphatic carbocycles. The Kier molecular flexibility index (Phi) is 4.84. The fourth-order valence-corrected chi connectivity index (χ4v) is 2.86. The van der Waals surface area contributed by atoms with E-state index in [2.05, 4.69) is 5.92 Å². The van der Waals surface area contributed by atoms with Gasteiger partial charge in [-0.15, -0.1) is 6.42 Å². The van der Waals surface area contributed by atoms with Crippen LogP contribution in [0.2, 0.25) is 0 Å². The Morgan fingerprint density at radius 3 is 2.67 bits per heavy atom. The number of benzene rings is 1. The van der Waals surface area contributed by atoms with Gasteiger partial charge in [-0.2, -0.15) is 4.31 Å². The van der Waals surface area contributed by atoms with Gasteiger partial charge in [0.15, 0.2) is 0 Å². The molecule has 1 aromatic carbocycles. The highest BCUT2D eigenvalue weighted by Gasteiger charge is 2.23. The van der Waals surface area contributed by atoms with Crippen LogP contribution in [0.1, 0.15) is 12.5 Å². The van der Waals surface area contributed by atoms with Gasteiger partial charge in [0.25, 0.3) is 0 Å². The molecule has 0 saturated carbocycles. The van der Waals surface area contributed by atoms with Crippen LogP contribution < -0.4 is 0 Å². The van der Waals surface area contributed by atoms with Crippen LogP contribution in [0.5, 0.6) is 0 Å². The Hall–Kier alpha value is -1.42. The number of halogens is 1. The molecule has 0 aliphatic heterocycles. The second kappa shape index (κ2) is 5.96. The second-order valence-electron chi connectivity index (χ2n) is 3.55. The lowest BCUT2D eigenvalue weighted by atomic mass is 10.2. The molecule has 0 fully saturated rings. The van der Waals surface area contributed by atoms with Gasteiger partial charge in [0.05, 0.1) is 18.0 Å². The number of aliphatic hydroxyl groups excluding tert-OH is 1. The molecule has 0 aliphatic rings. The number of rotatable bonds is 5. The molecule has 0 aromatic heterocycles. The summed E-state index contributed by atoms with van der Waals surface area (Å²) in [5.74, 6) is 1.62. The average Bonchev–Trinajstić information content (AvgIpc) is 2.35. The summed E-state index contributed by atoms with van der Waals surface area (Å²) in [6.45, 7) is 1.27. The van der Waals surface area contributed by atoms with Gasteiger partial charge in [-0.05, 0) is 18.2 Å². The third-order valence-corrected chi connectivity index (χ3v) is 4.36. The van der Waals surface area contributed by atoms with Gasteiger partial charge < -0.3 is 5.11 Å². The molecular weight excluding hydrogens is 257 g/mol. The van der Waals surface area contributed by atoms with Crippen LogP contribution in [0.3, 0.4) is 0 Å². The van der Waals surface area contributed by atoms with Gasteiger partial charge in [0.2, 0.25) is 10.0 Å². The van der Waals surface area contributed by atoms with E-state index in [1.807, 2.05) is 0 Å². The van der Waals surface area contributed by atoms with Crippen LogP contribution in [-0.2, 0) is 16.6 Å². The molecule has 4 nitrogen and oxygen atoms in total. The van der Waals surface area contributed by atoms with Gasteiger partial charge in [-0.25, -0.2) is 12.8 Å². The van der Waals surface area contributed by atoms with E-state index in [-0.39, 0.29) is 23.5 Å². The van der Waals surface area contributed by atoms with Gasteiger partial charge in [-0.1, -0.05) is 12.8 Å². The Labute approximate surface area is 106 Å².